The van der Waals surface area contributed by atoms with E-state index in [0.29, 0.717) is 18.3 Å². The van der Waals surface area contributed by atoms with Gasteiger partial charge in [0.25, 0.3) is 0 Å². The highest BCUT2D eigenvalue weighted by molar-refractivity contribution is 5.77. The Morgan fingerprint density at radius 1 is 1.37 bits per heavy atom. The minimum absolute atomic E-state index is 0.506. The Hall–Kier alpha value is -2.50. The van der Waals surface area contributed by atoms with Gasteiger partial charge in [0.2, 0.25) is 0 Å². The molecule has 0 spiro atoms. The molecular weight excluding hydrogens is 242 g/mol. The van der Waals surface area contributed by atoms with E-state index < -0.39 is 0 Å². The van der Waals surface area contributed by atoms with Crippen molar-refractivity contribution in [1.29, 1.82) is 0 Å². The maximum absolute atomic E-state index is 5.59. The highest BCUT2D eigenvalue weighted by Crippen LogP contribution is 2.22. The number of nitrogens with one attached hydrogen (secondary N) is 1. The quantitative estimate of drug-likeness (QED) is 0.750. The van der Waals surface area contributed by atoms with Gasteiger partial charge in [0.15, 0.2) is 11.5 Å². The van der Waals surface area contributed by atoms with Crippen LogP contribution in [0.2, 0.25) is 0 Å². The number of aryl methyl sites for hydroxylation is 1. The van der Waals surface area contributed by atoms with Gasteiger partial charge in [-0.15, -0.1) is 0 Å². The summed E-state index contributed by atoms with van der Waals surface area (Å²) in [6, 6.07) is 7.77. The molecular formula is C13H15N5O. The number of aromatic amines is 1. The number of benzene rings is 1. The minimum atomic E-state index is 0.506. The largest absolute Gasteiger partial charge is 0.441 e. The lowest BCUT2D eigenvalue weighted by molar-refractivity contribution is 0.561. The van der Waals surface area contributed by atoms with Crippen LogP contribution in [-0.2, 0) is 6.54 Å². The number of rotatable bonds is 3. The SMILES string of the molecule is Cc1nc2cc(N(C)Cc3cc(N)n[nH]3)ccc2o1. The fraction of sp³-hybridized carbons (Fsp3) is 0.231. The second-order valence-corrected chi connectivity index (χ2v) is 4.56. The van der Waals surface area contributed by atoms with Crippen molar-refractivity contribution >= 4 is 22.6 Å². The van der Waals surface area contributed by atoms with Crippen molar-refractivity contribution in [1.82, 2.24) is 15.2 Å². The fourth-order valence-corrected chi connectivity index (χ4v) is 2.08. The van der Waals surface area contributed by atoms with Gasteiger partial charge in [-0.2, -0.15) is 5.10 Å². The van der Waals surface area contributed by atoms with Crippen LogP contribution in [0.1, 0.15) is 11.6 Å². The molecule has 6 nitrogen and oxygen atoms in total. The van der Waals surface area contributed by atoms with Gasteiger partial charge in [0, 0.05) is 25.7 Å². The lowest BCUT2D eigenvalue weighted by Crippen LogP contribution is -2.16. The molecule has 1 aromatic carbocycles. The number of H-pyrrole nitrogens is 1. The van der Waals surface area contributed by atoms with E-state index in [1.807, 2.05) is 38.2 Å². The van der Waals surface area contributed by atoms with Gasteiger partial charge in [-0.3, -0.25) is 5.10 Å². The second-order valence-electron chi connectivity index (χ2n) is 4.56. The van der Waals surface area contributed by atoms with Crippen molar-refractivity contribution in [3.05, 3.63) is 35.9 Å². The molecule has 0 fully saturated rings. The van der Waals surface area contributed by atoms with Crippen molar-refractivity contribution in [3.63, 3.8) is 0 Å². The molecule has 3 aromatic rings. The van der Waals surface area contributed by atoms with Crippen LogP contribution in [-0.4, -0.2) is 22.2 Å². The molecule has 0 atom stereocenters. The Balaban J connectivity index is 1.86. The van der Waals surface area contributed by atoms with Gasteiger partial charge in [-0.05, 0) is 18.2 Å². The van der Waals surface area contributed by atoms with Crippen LogP contribution in [0.3, 0.4) is 0 Å². The Morgan fingerprint density at radius 3 is 2.95 bits per heavy atom. The zero-order valence-corrected chi connectivity index (χ0v) is 10.8. The summed E-state index contributed by atoms with van der Waals surface area (Å²) in [5.74, 6) is 1.18. The third-order valence-corrected chi connectivity index (χ3v) is 2.98. The van der Waals surface area contributed by atoms with Crippen LogP contribution in [0.5, 0.6) is 0 Å². The molecule has 0 aliphatic heterocycles. The molecule has 0 radical (unpaired) electrons. The third kappa shape index (κ3) is 2.24. The number of fused-ring (bicyclic) bond motifs is 1. The molecule has 98 valence electrons. The van der Waals surface area contributed by atoms with Crippen molar-refractivity contribution in [2.45, 2.75) is 13.5 Å². The number of nitrogen functional groups attached to an aromatic ring is 1. The van der Waals surface area contributed by atoms with Crippen LogP contribution in [0.25, 0.3) is 11.1 Å². The molecule has 0 aliphatic rings. The predicted molar refractivity (Wildman–Crippen MR) is 73.9 cm³/mol. The van der Waals surface area contributed by atoms with Gasteiger partial charge >= 0.3 is 0 Å². The molecule has 0 amide bonds. The number of hydrogen-bond acceptors (Lipinski definition) is 5. The van der Waals surface area contributed by atoms with E-state index in [2.05, 4.69) is 20.1 Å². The van der Waals surface area contributed by atoms with E-state index in [1.165, 1.54) is 0 Å². The lowest BCUT2D eigenvalue weighted by atomic mass is 10.2. The normalized spacial score (nSPS) is 11.1. The summed E-state index contributed by atoms with van der Waals surface area (Å²) in [5, 5.41) is 6.81. The van der Waals surface area contributed by atoms with Crippen LogP contribution in [0.15, 0.2) is 28.7 Å². The first-order valence-electron chi connectivity index (χ1n) is 6.00. The van der Waals surface area contributed by atoms with Crippen LogP contribution >= 0.6 is 0 Å². The number of anilines is 2. The first-order chi connectivity index (χ1) is 9.11. The maximum Gasteiger partial charge on any atom is 0.192 e. The molecule has 0 aliphatic carbocycles. The van der Waals surface area contributed by atoms with Gasteiger partial charge in [0.05, 0.1) is 12.2 Å². The van der Waals surface area contributed by atoms with Gasteiger partial charge in [-0.25, -0.2) is 4.98 Å². The Kier molecular flexibility index (Phi) is 2.63. The van der Waals surface area contributed by atoms with Gasteiger partial charge in [0.1, 0.15) is 11.3 Å². The maximum atomic E-state index is 5.59. The average Bonchev–Trinajstić information content (AvgIpc) is 2.93. The molecule has 6 heteroatoms. The Bertz CT molecular complexity index is 715. The summed E-state index contributed by atoms with van der Waals surface area (Å²) in [7, 11) is 2.01. The zero-order valence-electron chi connectivity index (χ0n) is 10.8. The molecule has 2 aromatic heterocycles. The standard InChI is InChI=1S/C13H15N5O/c1-8-15-11-6-10(3-4-12(11)19-8)18(2)7-9-5-13(14)17-16-9/h3-6H,7H2,1-2H3,(H3,14,16,17). The summed E-state index contributed by atoms with van der Waals surface area (Å²) in [6.07, 6.45) is 0. The summed E-state index contributed by atoms with van der Waals surface area (Å²) in [5.41, 5.74) is 9.29. The Labute approximate surface area is 110 Å². The smallest absolute Gasteiger partial charge is 0.192 e. The number of nitrogens with two attached hydrogens (primary N) is 1. The van der Waals surface area contributed by atoms with E-state index in [1.54, 1.807) is 0 Å². The van der Waals surface area contributed by atoms with Crippen molar-refractivity contribution in [2.24, 2.45) is 0 Å². The van der Waals surface area contributed by atoms with Crippen molar-refractivity contribution < 1.29 is 4.42 Å². The molecule has 0 saturated carbocycles. The molecule has 0 unspecified atom stereocenters. The molecule has 0 saturated heterocycles. The van der Waals surface area contributed by atoms with E-state index in [-0.39, 0.29) is 0 Å². The highest BCUT2D eigenvalue weighted by atomic mass is 16.3. The molecule has 19 heavy (non-hydrogen) atoms. The number of nitrogens with zero attached hydrogens (tertiary/aromatic N) is 3. The second kappa shape index (κ2) is 4.31. The Morgan fingerprint density at radius 2 is 2.21 bits per heavy atom. The monoisotopic (exact) mass is 257 g/mol. The van der Waals surface area contributed by atoms with E-state index in [4.69, 9.17) is 10.2 Å². The lowest BCUT2D eigenvalue weighted by Gasteiger charge is -2.17. The summed E-state index contributed by atoms with van der Waals surface area (Å²) >= 11 is 0. The molecule has 2 heterocycles. The van der Waals surface area contributed by atoms with Gasteiger partial charge < -0.3 is 15.1 Å². The number of aromatic nitrogens is 3. The first-order valence-corrected chi connectivity index (χ1v) is 6.00. The van der Waals surface area contributed by atoms with Gasteiger partial charge in [-0.1, -0.05) is 0 Å². The van der Waals surface area contributed by atoms with Crippen LogP contribution < -0.4 is 10.6 Å². The molecule has 3 rings (SSSR count). The van der Waals surface area contributed by atoms with E-state index in [9.17, 15) is 0 Å². The van der Waals surface area contributed by atoms with Crippen LogP contribution in [0.4, 0.5) is 11.5 Å². The number of oxazole rings is 1. The highest BCUT2D eigenvalue weighted by Gasteiger charge is 2.08. The molecule has 3 N–H and O–H groups in total. The number of hydrogen-bond donors (Lipinski definition) is 2. The average molecular weight is 257 g/mol. The molecule has 0 bridgehead atoms. The fourth-order valence-electron chi connectivity index (χ4n) is 2.08. The predicted octanol–water partition coefficient (Wildman–Crippen LogP) is 2.08. The summed E-state index contributed by atoms with van der Waals surface area (Å²) < 4.78 is 5.46. The zero-order chi connectivity index (χ0) is 13.4. The minimum Gasteiger partial charge on any atom is -0.441 e. The first kappa shape index (κ1) is 11.6. The third-order valence-electron chi connectivity index (χ3n) is 2.98. The summed E-state index contributed by atoms with van der Waals surface area (Å²) in [6.45, 7) is 2.54. The summed E-state index contributed by atoms with van der Waals surface area (Å²) in [4.78, 5) is 6.43. The van der Waals surface area contributed by atoms with Crippen molar-refractivity contribution in [2.75, 3.05) is 17.7 Å². The van der Waals surface area contributed by atoms with Crippen molar-refractivity contribution in [3.8, 4) is 0 Å². The topological polar surface area (TPSA) is 84.0 Å². The van der Waals surface area contributed by atoms with E-state index >= 15 is 0 Å². The van der Waals surface area contributed by atoms with E-state index in [0.717, 1.165) is 22.5 Å². The van der Waals surface area contributed by atoms with Crippen LogP contribution in [0, 0.1) is 6.92 Å².